The lowest BCUT2D eigenvalue weighted by Crippen LogP contribution is -2.64. The molecule has 1 N–H and O–H groups in total. The van der Waals surface area contributed by atoms with Crippen LogP contribution in [0.15, 0.2) is 23.4 Å². The Morgan fingerprint density at radius 2 is 1.73 bits per heavy atom. The summed E-state index contributed by atoms with van der Waals surface area (Å²) in [6.07, 6.45) is 11.5. The van der Waals surface area contributed by atoms with Crippen LogP contribution >= 0.6 is 0 Å². The van der Waals surface area contributed by atoms with Gasteiger partial charge in [0.05, 0.1) is 13.1 Å². The number of amides is 1. The van der Waals surface area contributed by atoms with Gasteiger partial charge in [-0.15, -0.1) is 0 Å². The van der Waals surface area contributed by atoms with E-state index in [1.54, 1.807) is 0 Å². The minimum Gasteiger partial charge on any atom is -0.349 e. The lowest BCUT2D eigenvalue weighted by molar-refractivity contribution is -0.170. The Bertz CT molecular complexity index is 1290. The van der Waals surface area contributed by atoms with Gasteiger partial charge in [0.1, 0.15) is 6.29 Å². The van der Waals surface area contributed by atoms with Crippen molar-refractivity contribution in [2.24, 2.45) is 50.2 Å². The van der Waals surface area contributed by atoms with E-state index in [1.165, 1.54) is 0 Å². The fourth-order valence-electron chi connectivity index (χ4n) is 10.5. The lowest BCUT2D eigenvalue weighted by Gasteiger charge is -2.69. The minimum atomic E-state index is -0.660. The summed E-state index contributed by atoms with van der Waals surface area (Å²) in [7, 11) is 0. The number of hydrogen-bond donors (Lipinski definition) is 1. The molecule has 40 heavy (non-hydrogen) atoms. The molecule has 5 aliphatic rings. The maximum absolute atomic E-state index is 14.5. The summed E-state index contributed by atoms with van der Waals surface area (Å²) in [5.41, 5.74) is -0.490. The third-order valence-corrected chi connectivity index (χ3v) is 13.1. The molecule has 5 rings (SSSR count). The number of carbonyl (C=O) groups excluding carboxylic acids is 4. The quantitative estimate of drug-likeness (QED) is 0.333. The van der Waals surface area contributed by atoms with Gasteiger partial charge in [-0.05, 0) is 84.5 Å². The number of fused-ring (bicyclic) bond motifs is 7. The van der Waals surface area contributed by atoms with Gasteiger partial charge in [-0.2, -0.15) is 0 Å². The van der Waals surface area contributed by atoms with Crippen molar-refractivity contribution in [3.8, 4) is 0 Å². The van der Waals surface area contributed by atoms with Crippen molar-refractivity contribution < 1.29 is 19.2 Å². The van der Waals surface area contributed by atoms with Crippen LogP contribution in [0.4, 0.5) is 0 Å². The van der Waals surface area contributed by atoms with Crippen LogP contribution in [0, 0.1) is 56.8 Å². The zero-order valence-electron chi connectivity index (χ0n) is 25.4. The highest BCUT2D eigenvalue weighted by Gasteiger charge is 2.69. The van der Waals surface area contributed by atoms with Gasteiger partial charge in [0.25, 0.3) is 0 Å². The first-order valence-electron chi connectivity index (χ1n) is 15.1. The predicted octanol–water partition coefficient (Wildman–Crippen LogP) is 6.26. The van der Waals surface area contributed by atoms with Crippen molar-refractivity contribution in [2.75, 3.05) is 6.54 Å². The normalized spacial score (nSPS) is 45.4. The first-order chi connectivity index (χ1) is 18.5. The second kappa shape index (κ2) is 8.97. The smallest absolute Gasteiger partial charge is 0.226 e. The molecule has 6 nitrogen and oxygen atoms in total. The van der Waals surface area contributed by atoms with E-state index in [0.717, 1.165) is 50.5 Å². The molecule has 3 fully saturated rings. The van der Waals surface area contributed by atoms with Gasteiger partial charge in [-0.25, -0.2) is 4.85 Å². The predicted molar refractivity (Wildman–Crippen MR) is 154 cm³/mol. The van der Waals surface area contributed by atoms with Gasteiger partial charge in [0.15, 0.2) is 11.6 Å². The Labute approximate surface area is 239 Å². The molecular weight excluding hydrogens is 500 g/mol. The Hall–Kier alpha value is -2.55. The highest BCUT2D eigenvalue weighted by molar-refractivity contribution is 6.03. The molecule has 8 atom stereocenters. The topological polar surface area (TPSA) is 84.7 Å². The van der Waals surface area contributed by atoms with Crippen LogP contribution in [0.2, 0.25) is 0 Å². The molecule has 1 amide bonds. The molecule has 0 unspecified atom stereocenters. The van der Waals surface area contributed by atoms with Crippen molar-refractivity contribution in [2.45, 2.75) is 99.8 Å². The van der Waals surface area contributed by atoms with Gasteiger partial charge < -0.3 is 14.9 Å². The van der Waals surface area contributed by atoms with Crippen molar-refractivity contribution in [3.63, 3.8) is 0 Å². The lowest BCUT2D eigenvalue weighted by atomic mass is 9.34. The van der Waals surface area contributed by atoms with Crippen LogP contribution in [0.3, 0.4) is 0 Å². The third-order valence-electron chi connectivity index (χ3n) is 13.1. The fourth-order valence-corrected chi connectivity index (χ4v) is 10.5. The monoisotopic (exact) mass is 546 g/mol. The maximum Gasteiger partial charge on any atom is 0.226 e. The molecule has 0 aromatic carbocycles. The first-order valence-corrected chi connectivity index (χ1v) is 15.1. The number of hydrogen-bond acceptors (Lipinski definition) is 4. The average Bonchev–Trinajstić information content (AvgIpc) is 2.87. The highest BCUT2D eigenvalue weighted by Crippen LogP contribution is 2.74. The first kappa shape index (κ1) is 29.0. The molecule has 5 aliphatic carbocycles. The molecule has 0 bridgehead atoms. The average molecular weight is 547 g/mol. The standard InChI is InChI=1S/C34H46N2O4/c1-29(2)24-9-10-33(6)25(32(24,5)19-22(35-8)28(29)40)17-23(38)27-21-18-30(3,20-26(39)36-15-16-37)11-12-31(21,4)13-14-34(27,33)7/h16-17,19,21,24,27H,9-15,18,20H2,1-7H3,(H,36,39)/t21-,24-,27-,30-,31+,32-,33+,34+/m0/s1. The number of rotatable bonds is 4. The van der Waals surface area contributed by atoms with Crippen LogP contribution < -0.4 is 5.32 Å². The van der Waals surface area contributed by atoms with Gasteiger partial charge >= 0.3 is 0 Å². The van der Waals surface area contributed by atoms with Crippen molar-refractivity contribution in [3.05, 3.63) is 34.8 Å². The zero-order valence-corrected chi connectivity index (χ0v) is 25.4. The van der Waals surface area contributed by atoms with Crippen molar-refractivity contribution >= 4 is 23.8 Å². The van der Waals surface area contributed by atoms with E-state index >= 15 is 0 Å². The third kappa shape index (κ3) is 3.78. The zero-order chi connectivity index (χ0) is 29.5. The molecule has 0 spiro atoms. The van der Waals surface area contributed by atoms with Crippen LogP contribution in [-0.2, 0) is 19.2 Å². The number of nitrogens with one attached hydrogen (secondary N) is 1. The molecule has 6 heteroatoms. The molecular formula is C34H46N2O4. The van der Waals surface area contributed by atoms with Crippen molar-refractivity contribution in [1.29, 1.82) is 0 Å². The number of ketones is 2. The molecule has 3 saturated carbocycles. The molecule has 216 valence electrons. The number of aldehydes is 1. The van der Waals surface area contributed by atoms with E-state index < -0.39 is 10.8 Å². The van der Waals surface area contributed by atoms with Crippen molar-refractivity contribution in [1.82, 2.24) is 5.32 Å². The van der Waals surface area contributed by atoms with Crippen LogP contribution in [0.1, 0.15) is 99.8 Å². The van der Waals surface area contributed by atoms with E-state index in [2.05, 4.69) is 44.8 Å². The molecule has 0 radical (unpaired) electrons. The number of Topliss-reactive ketones (excluding diaryl/α,β-unsaturated/α-hetero) is 1. The Balaban J connectivity index is 1.58. The van der Waals surface area contributed by atoms with Crippen LogP contribution in [0.25, 0.3) is 4.85 Å². The second-order valence-corrected chi connectivity index (χ2v) is 15.7. The number of carbonyl (C=O) groups is 4. The summed E-state index contributed by atoms with van der Waals surface area (Å²) >= 11 is 0. The van der Waals surface area contributed by atoms with Gasteiger partial charge in [-0.3, -0.25) is 9.59 Å². The van der Waals surface area contributed by atoms with Gasteiger partial charge in [0, 0.05) is 23.2 Å². The van der Waals surface area contributed by atoms with E-state index in [0.29, 0.717) is 12.7 Å². The minimum absolute atomic E-state index is 0.0347. The Kier molecular flexibility index (Phi) is 6.50. The van der Waals surface area contributed by atoms with E-state index in [-0.39, 0.29) is 69.1 Å². The van der Waals surface area contributed by atoms with Gasteiger partial charge in [0.2, 0.25) is 11.6 Å². The van der Waals surface area contributed by atoms with E-state index in [9.17, 15) is 19.2 Å². The van der Waals surface area contributed by atoms with E-state index in [1.807, 2.05) is 26.0 Å². The molecule has 0 aromatic heterocycles. The summed E-state index contributed by atoms with van der Waals surface area (Å²) in [5.74, 6) is 0.115. The highest BCUT2D eigenvalue weighted by atomic mass is 16.2. The SMILES string of the molecule is [C-]#[N+]C1=C[C@]2(C)C3=CC(=O)[C@@H]4[C@@H]5C[C@@](C)(CC(=O)NCC=O)CC[C@]5(C)CC[C@@]4(C)[C@]3(C)CC[C@H]2C(C)(C)C1=O. The fraction of sp³-hybridized carbons (Fsp3) is 0.735. The van der Waals surface area contributed by atoms with Crippen LogP contribution in [-0.4, -0.2) is 30.3 Å². The summed E-state index contributed by atoms with van der Waals surface area (Å²) < 4.78 is 0. The molecule has 0 aromatic rings. The molecule has 0 aliphatic heterocycles. The van der Waals surface area contributed by atoms with Gasteiger partial charge in [-0.1, -0.05) is 60.1 Å². The Morgan fingerprint density at radius 3 is 2.38 bits per heavy atom. The number of nitrogens with zero attached hydrogens (tertiary/aromatic N) is 1. The second-order valence-electron chi connectivity index (χ2n) is 15.7. The molecule has 0 heterocycles. The maximum atomic E-state index is 14.5. The summed E-state index contributed by atoms with van der Waals surface area (Å²) in [6, 6.07) is 0. The largest absolute Gasteiger partial charge is 0.349 e. The summed E-state index contributed by atoms with van der Waals surface area (Å²) in [4.78, 5) is 54.8. The molecule has 0 saturated heterocycles. The summed E-state index contributed by atoms with van der Waals surface area (Å²) in [6.45, 7) is 23.1. The van der Waals surface area contributed by atoms with E-state index in [4.69, 9.17) is 6.57 Å². The van der Waals surface area contributed by atoms with Crippen LogP contribution in [0.5, 0.6) is 0 Å². The summed E-state index contributed by atoms with van der Waals surface area (Å²) in [5, 5.41) is 2.72. The number of allylic oxidation sites excluding steroid dienone is 4. The Morgan fingerprint density at radius 1 is 1.05 bits per heavy atom.